The molecule has 1 aliphatic rings. The number of aromatic nitrogens is 1. The first kappa shape index (κ1) is 19.9. The Balaban J connectivity index is 1.48. The number of ether oxygens (including phenoxy) is 1. The molecule has 0 fully saturated rings. The summed E-state index contributed by atoms with van der Waals surface area (Å²) < 4.78 is 4.86. The van der Waals surface area contributed by atoms with Gasteiger partial charge in [0.25, 0.3) is 0 Å². The third-order valence-corrected chi connectivity index (χ3v) is 5.57. The zero-order valence-electron chi connectivity index (χ0n) is 17.5. The lowest BCUT2D eigenvalue weighted by Crippen LogP contribution is -2.22. The second kappa shape index (κ2) is 8.55. The fourth-order valence-corrected chi connectivity index (χ4v) is 3.77. The fraction of sp³-hybridized carbons (Fsp3) is 0.250. The van der Waals surface area contributed by atoms with E-state index in [1.807, 2.05) is 0 Å². The van der Waals surface area contributed by atoms with Crippen LogP contribution in [-0.2, 0) is 11.3 Å². The highest BCUT2D eigenvalue weighted by atomic mass is 16.5. The molecule has 0 unspecified atom stereocenters. The quantitative estimate of drug-likeness (QED) is 0.603. The number of rotatable bonds is 6. The number of nitrogens with zero attached hydrogens (tertiary/aromatic N) is 2. The first-order chi connectivity index (χ1) is 14.6. The van der Waals surface area contributed by atoms with E-state index >= 15 is 0 Å². The van der Waals surface area contributed by atoms with Gasteiger partial charge in [-0.3, -0.25) is 4.98 Å². The average molecular weight is 402 g/mol. The van der Waals surface area contributed by atoms with Gasteiger partial charge in [0.1, 0.15) is 0 Å². The van der Waals surface area contributed by atoms with E-state index < -0.39 is 0 Å². The lowest BCUT2D eigenvalue weighted by molar-refractivity contribution is 0.0601. The molecule has 3 aromatic rings. The zero-order valence-corrected chi connectivity index (χ0v) is 17.5. The van der Waals surface area contributed by atoms with Crippen LogP contribution in [0.2, 0.25) is 0 Å². The Morgan fingerprint density at radius 1 is 1.20 bits per heavy atom. The van der Waals surface area contributed by atoms with Crippen molar-refractivity contribution in [2.24, 2.45) is 0 Å². The molecule has 154 valence electrons. The van der Waals surface area contributed by atoms with Crippen LogP contribution >= 0.6 is 0 Å². The van der Waals surface area contributed by atoms with Crippen molar-refractivity contribution in [2.75, 3.05) is 30.9 Å². The second-order valence-corrected chi connectivity index (χ2v) is 7.50. The molecule has 0 aliphatic carbocycles. The molecule has 0 amide bonds. The molecule has 6 heteroatoms. The van der Waals surface area contributed by atoms with E-state index in [9.17, 15) is 4.79 Å². The number of carbonyl (C=O) groups excluding carboxylic acids is 1. The smallest absolute Gasteiger partial charge is 0.340 e. The molecule has 2 aromatic carbocycles. The van der Waals surface area contributed by atoms with Gasteiger partial charge in [0, 0.05) is 37.7 Å². The van der Waals surface area contributed by atoms with Crippen molar-refractivity contribution in [1.82, 2.24) is 10.3 Å². The number of esters is 1. The van der Waals surface area contributed by atoms with E-state index in [0.29, 0.717) is 17.8 Å². The van der Waals surface area contributed by atoms with Gasteiger partial charge in [-0.1, -0.05) is 23.8 Å². The third kappa shape index (κ3) is 4.00. The van der Waals surface area contributed by atoms with Crippen molar-refractivity contribution in [1.29, 1.82) is 0 Å². The van der Waals surface area contributed by atoms with Crippen LogP contribution in [0.25, 0.3) is 0 Å². The molecule has 2 heterocycles. The number of hydrogen-bond donors (Lipinski definition) is 2. The molecule has 1 aromatic heterocycles. The minimum atomic E-state index is -0.372. The number of fused-ring (bicyclic) bond motifs is 1. The van der Waals surface area contributed by atoms with Crippen LogP contribution in [-0.4, -0.2) is 31.7 Å². The number of pyridine rings is 1. The van der Waals surface area contributed by atoms with Crippen molar-refractivity contribution in [3.05, 3.63) is 83.2 Å². The van der Waals surface area contributed by atoms with Gasteiger partial charge in [-0.05, 0) is 48.4 Å². The van der Waals surface area contributed by atoms with Crippen molar-refractivity contribution in [3.8, 4) is 0 Å². The van der Waals surface area contributed by atoms with Gasteiger partial charge < -0.3 is 20.3 Å². The van der Waals surface area contributed by atoms with Crippen LogP contribution in [0.15, 0.2) is 60.9 Å². The first-order valence-electron chi connectivity index (χ1n) is 9.99. The maximum absolute atomic E-state index is 12.0. The zero-order chi connectivity index (χ0) is 21.1. The predicted molar refractivity (Wildman–Crippen MR) is 119 cm³/mol. The maximum atomic E-state index is 12.0. The Morgan fingerprint density at radius 3 is 2.73 bits per heavy atom. The number of nitrogens with one attached hydrogen (secondary N) is 2. The summed E-state index contributed by atoms with van der Waals surface area (Å²) in [5.41, 5.74) is 7.30. The largest absolute Gasteiger partial charge is 0.465 e. The lowest BCUT2D eigenvalue weighted by atomic mass is 10.0. The third-order valence-electron chi connectivity index (χ3n) is 5.57. The van der Waals surface area contributed by atoms with Crippen molar-refractivity contribution in [3.63, 3.8) is 0 Å². The predicted octanol–water partition coefficient (Wildman–Crippen LogP) is 4.20. The Bertz CT molecular complexity index is 1050. The molecule has 4 rings (SSSR count). The van der Waals surface area contributed by atoms with Crippen LogP contribution in [0, 0.1) is 6.92 Å². The van der Waals surface area contributed by atoms with Gasteiger partial charge in [-0.15, -0.1) is 0 Å². The normalized spacial score (nSPS) is 14.8. The summed E-state index contributed by atoms with van der Waals surface area (Å²) in [5.74, 6) is -0.372. The summed E-state index contributed by atoms with van der Waals surface area (Å²) in [6.07, 6.45) is 3.24. The summed E-state index contributed by atoms with van der Waals surface area (Å²) >= 11 is 0. The molecule has 30 heavy (non-hydrogen) atoms. The van der Waals surface area contributed by atoms with Crippen LogP contribution in [0.5, 0.6) is 0 Å². The fourth-order valence-electron chi connectivity index (χ4n) is 3.77. The summed E-state index contributed by atoms with van der Waals surface area (Å²) in [7, 11) is 3.47. The van der Waals surface area contributed by atoms with Gasteiger partial charge in [0.15, 0.2) is 0 Å². The Morgan fingerprint density at radius 2 is 1.97 bits per heavy atom. The van der Waals surface area contributed by atoms with E-state index in [4.69, 9.17) is 4.74 Å². The minimum Gasteiger partial charge on any atom is -0.465 e. The number of benzene rings is 2. The van der Waals surface area contributed by atoms with Gasteiger partial charge >= 0.3 is 5.97 Å². The van der Waals surface area contributed by atoms with Crippen LogP contribution in [0.1, 0.15) is 33.1 Å². The molecule has 0 spiro atoms. The summed E-state index contributed by atoms with van der Waals surface area (Å²) in [6.45, 7) is 3.56. The second-order valence-electron chi connectivity index (χ2n) is 7.50. The average Bonchev–Trinajstić information content (AvgIpc) is 3.19. The highest BCUT2D eigenvalue weighted by Gasteiger charge is 2.23. The van der Waals surface area contributed by atoms with E-state index in [-0.39, 0.29) is 12.0 Å². The number of hydrogen-bond acceptors (Lipinski definition) is 6. The Kier molecular flexibility index (Phi) is 5.68. The summed E-state index contributed by atoms with van der Waals surface area (Å²) in [4.78, 5) is 18.3. The summed E-state index contributed by atoms with van der Waals surface area (Å²) in [6, 6.07) is 16.9. The molecular formula is C24H26N4O2. The molecule has 0 bridgehead atoms. The molecule has 0 radical (unpaired) electrons. The van der Waals surface area contributed by atoms with Crippen molar-refractivity contribution in [2.45, 2.75) is 19.5 Å². The molecule has 2 N–H and O–H groups in total. The topological polar surface area (TPSA) is 66.5 Å². The number of aryl methyl sites for hydroxylation is 1. The van der Waals surface area contributed by atoms with E-state index in [1.54, 1.807) is 18.5 Å². The summed E-state index contributed by atoms with van der Waals surface area (Å²) in [5, 5.41) is 6.89. The molecule has 1 atom stereocenters. The molecule has 0 saturated heterocycles. The van der Waals surface area contributed by atoms with Gasteiger partial charge in [0.2, 0.25) is 0 Å². The molecule has 1 aliphatic heterocycles. The van der Waals surface area contributed by atoms with Crippen LogP contribution in [0.3, 0.4) is 0 Å². The van der Waals surface area contributed by atoms with Gasteiger partial charge in [-0.2, -0.15) is 0 Å². The standard InChI is InChI=1S/C24H26N4O2/c1-16-4-6-18(7-5-16)28(2)19-8-9-20-17(12-19)13-26-23(20)15-27-22-14-25-11-10-21(22)24(29)30-3/h4-12,14,23,26-27H,13,15H2,1-3H3/t23-/m0/s1. The van der Waals surface area contributed by atoms with E-state index in [0.717, 1.165) is 17.9 Å². The molecule has 0 saturated carbocycles. The molecular weight excluding hydrogens is 376 g/mol. The van der Waals surface area contributed by atoms with E-state index in [1.165, 1.54) is 23.8 Å². The Labute approximate surface area is 176 Å². The number of anilines is 3. The van der Waals surface area contributed by atoms with Gasteiger partial charge in [0.05, 0.1) is 30.6 Å². The monoisotopic (exact) mass is 402 g/mol. The van der Waals surface area contributed by atoms with Crippen LogP contribution in [0.4, 0.5) is 17.1 Å². The van der Waals surface area contributed by atoms with Crippen LogP contribution < -0.4 is 15.5 Å². The lowest BCUT2D eigenvalue weighted by Gasteiger charge is -2.21. The number of methoxy groups -OCH3 is 1. The number of carbonyl (C=O) groups is 1. The van der Waals surface area contributed by atoms with Crippen molar-refractivity contribution >= 4 is 23.0 Å². The highest BCUT2D eigenvalue weighted by molar-refractivity contribution is 5.95. The SMILES string of the molecule is COC(=O)c1ccncc1NC[C@@H]1NCc2cc(N(C)c3ccc(C)cc3)ccc21. The Hall–Kier alpha value is -3.38. The first-order valence-corrected chi connectivity index (χ1v) is 9.99. The molecule has 6 nitrogen and oxygen atoms in total. The van der Waals surface area contributed by atoms with Crippen molar-refractivity contribution < 1.29 is 9.53 Å². The van der Waals surface area contributed by atoms with E-state index in [2.05, 4.69) is 77.0 Å². The minimum absolute atomic E-state index is 0.157. The van der Waals surface area contributed by atoms with Gasteiger partial charge in [-0.25, -0.2) is 4.79 Å². The highest BCUT2D eigenvalue weighted by Crippen LogP contribution is 2.32. The maximum Gasteiger partial charge on any atom is 0.340 e.